The van der Waals surface area contributed by atoms with Gasteiger partial charge in [-0.2, -0.15) is 0 Å². The maximum Gasteiger partial charge on any atom is 0.526 e. The van der Waals surface area contributed by atoms with Crippen molar-refractivity contribution >= 4 is 19.3 Å². The minimum atomic E-state index is 0.833. The summed E-state index contributed by atoms with van der Waals surface area (Å²) in [4.78, 5) is 0. The van der Waals surface area contributed by atoms with Crippen LogP contribution in [0.1, 0.15) is 6.92 Å². The molecular formula is C5H10N2+2. The number of rotatable bonds is 0. The Morgan fingerprint density at radius 3 is 2.14 bits per heavy atom. The average Bonchev–Trinajstić information content (AvgIpc) is 1.65. The molecule has 0 radical (unpaired) electrons. The Morgan fingerprint density at radius 2 is 2.14 bits per heavy atom. The van der Waals surface area contributed by atoms with E-state index in [0.717, 1.165) is 5.84 Å². The monoisotopic (exact) mass is 98.1 g/mol. The van der Waals surface area contributed by atoms with Gasteiger partial charge in [0.25, 0.3) is 6.72 Å². The first-order valence-corrected chi connectivity index (χ1v) is 2.03. The van der Waals surface area contributed by atoms with Gasteiger partial charge in [-0.3, -0.25) is 0 Å². The van der Waals surface area contributed by atoms with Crippen LogP contribution in [-0.2, 0) is 0 Å². The zero-order chi connectivity index (χ0) is 5.86. The summed E-state index contributed by atoms with van der Waals surface area (Å²) in [5, 5.41) is 0. The van der Waals surface area contributed by atoms with Crippen LogP contribution in [0.15, 0.2) is 0 Å². The zero-order valence-electron chi connectivity index (χ0n) is 4.81. The van der Waals surface area contributed by atoms with Gasteiger partial charge in [-0.05, 0) is 4.67 Å². The van der Waals surface area contributed by atoms with Gasteiger partial charge < -0.3 is 0 Å². The van der Waals surface area contributed by atoms with Crippen molar-refractivity contribution in [1.29, 1.82) is 0 Å². The first kappa shape index (κ1) is 6.12. The molecule has 0 unspecified atom stereocenters. The summed E-state index contributed by atoms with van der Waals surface area (Å²) < 4.78 is 5.28. The number of hydrogen-bond acceptors (Lipinski definition) is 0. The zero-order valence-corrected chi connectivity index (χ0v) is 4.81. The first-order chi connectivity index (χ1) is 3.18. The van der Waals surface area contributed by atoms with Gasteiger partial charge >= 0.3 is 5.84 Å². The molecule has 0 aliphatic heterocycles. The Labute approximate surface area is 43.5 Å². The van der Waals surface area contributed by atoms with Crippen LogP contribution in [0.4, 0.5) is 0 Å². The Hall–Kier alpha value is -0.880. The molecule has 0 spiro atoms. The highest BCUT2D eigenvalue weighted by Gasteiger charge is 2.04. The van der Waals surface area contributed by atoms with Crippen LogP contribution in [0.5, 0.6) is 0 Å². The van der Waals surface area contributed by atoms with Crippen molar-refractivity contribution < 1.29 is 4.58 Å². The molecule has 0 aliphatic rings. The molecule has 0 rings (SSSR count). The van der Waals surface area contributed by atoms with Crippen molar-refractivity contribution in [3.8, 4) is 0 Å². The lowest BCUT2D eigenvalue weighted by molar-refractivity contribution is -0.361. The van der Waals surface area contributed by atoms with Gasteiger partial charge in [0.2, 0.25) is 0 Å². The van der Waals surface area contributed by atoms with Crippen LogP contribution in [0.3, 0.4) is 0 Å². The van der Waals surface area contributed by atoms with Crippen molar-refractivity contribution in [2.24, 2.45) is 0 Å². The molecule has 0 bridgehead atoms. The maximum absolute atomic E-state index is 3.62. The van der Waals surface area contributed by atoms with Gasteiger partial charge in [0.05, 0.1) is 0 Å². The number of amidine groups is 1. The van der Waals surface area contributed by atoms with Crippen LogP contribution < -0.4 is 4.67 Å². The Bertz CT molecular complexity index is 129. The topological polar surface area (TPSA) is 17.1 Å². The predicted molar refractivity (Wildman–Crippen MR) is 33.2 cm³/mol. The molecular weight excluding hydrogens is 88.1 g/mol. The minimum Gasteiger partial charge on any atom is -0.142 e. The molecule has 0 aromatic rings. The van der Waals surface area contributed by atoms with Crippen molar-refractivity contribution in [2.45, 2.75) is 6.92 Å². The Balaban J connectivity index is 4.10. The van der Waals surface area contributed by atoms with E-state index < -0.39 is 0 Å². The normalized spacial score (nSPS) is 7.14. The summed E-state index contributed by atoms with van der Waals surface area (Å²) in [6.45, 7) is 8.73. The molecule has 2 nitrogen and oxygen atoms in total. The average molecular weight is 98.1 g/mol. The van der Waals surface area contributed by atoms with Gasteiger partial charge in [-0.25, -0.2) is 0 Å². The molecule has 0 atom stereocenters. The third-order valence-corrected chi connectivity index (χ3v) is 0.781. The number of hydrogen-bond donors (Lipinski definition) is 0. The minimum absolute atomic E-state index is 0.833. The van der Waals surface area contributed by atoms with E-state index in [1.807, 2.05) is 14.0 Å². The van der Waals surface area contributed by atoms with Crippen molar-refractivity contribution in [1.82, 2.24) is 4.67 Å². The van der Waals surface area contributed by atoms with E-state index in [1.165, 1.54) is 0 Å². The Kier molecular flexibility index (Phi) is 2.03. The van der Waals surface area contributed by atoms with Crippen molar-refractivity contribution in [2.75, 3.05) is 7.05 Å². The van der Waals surface area contributed by atoms with Gasteiger partial charge in [-0.15, -0.1) is 4.58 Å². The van der Waals surface area contributed by atoms with Gasteiger partial charge in [0, 0.05) is 0 Å². The second kappa shape index (κ2) is 2.32. The van der Waals surface area contributed by atoms with Crippen LogP contribution in [0.25, 0.3) is 0 Å². The summed E-state index contributed by atoms with van der Waals surface area (Å²) in [6, 6.07) is 0. The van der Waals surface area contributed by atoms with Crippen LogP contribution in [-0.4, -0.2) is 30.9 Å². The molecule has 0 fully saturated rings. The molecule has 0 amide bonds. The largest absolute Gasteiger partial charge is 0.526 e. The van der Waals surface area contributed by atoms with Crippen molar-refractivity contribution in [3.05, 3.63) is 0 Å². The lowest BCUT2D eigenvalue weighted by Crippen LogP contribution is -2.11. The Morgan fingerprint density at radius 1 is 1.71 bits per heavy atom. The van der Waals surface area contributed by atoms with E-state index in [9.17, 15) is 0 Å². The van der Waals surface area contributed by atoms with E-state index in [1.54, 1.807) is 4.58 Å². The molecule has 0 N–H and O–H groups in total. The van der Waals surface area contributed by atoms with Gasteiger partial charge in [0.15, 0.2) is 0 Å². The molecule has 7 heavy (non-hydrogen) atoms. The first-order valence-electron chi connectivity index (χ1n) is 2.03. The quantitative estimate of drug-likeness (QED) is 0.168. The van der Waals surface area contributed by atoms with Crippen LogP contribution >= 0.6 is 0 Å². The molecule has 0 heterocycles. The van der Waals surface area contributed by atoms with E-state index in [4.69, 9.17) is 0 Å². The maximum atomic E-state index is 3.62. The summed E-state index contributed by atoms with van der Waals surface area (Å²) in [5.41, 5.74) is 0. The molecule has 0 saturated carbocycles. The fourth-order valence-electron chi connectivity index (χ4n) is 0.121. The fourth-order valence-corrected chi connectivity index (χ4v) is 0.121. The van der Waals surface area contributed by atoms with E-state index in [-0.39, 0.29) is 0 Å². The lowest BCUT2D eigenvalue weighted by Gasteiger charge is -1.71. The summed E-state index contributed by atoms with van der Waals surface area (Å²) >= 11 is 0. The second-order valence-corrected chi connectivity index (χ2v) is 1.40. The highest BCUT2D eigenvalue weighted by atomic mass is 15.0. The summed E-state index contributed by atoms with van der Waals surface area (Å²) in [5.74, 6) is 0.833. The van der Waals surface area contributed by atoms with E-state index in [0.29, 0.717) is 0 Å². The van der Waals surface area contributed by atoms with E-state index >= 15 is 0 Å². The second-order valence-electron chi connectivity index (χ2n) is 1.40. The van der Waals surface area contributed by atoms with Crippen LogP contribution in [0.2, 0.25) is 0 Å². The van der Waals surface area contributed by atoms with Crippen LogP contribution in [0, 0.1) is 0 Å². The smallest absolute Gasteiger partial charge is 0.142 e. The third kappa shape index (κ3) is 1.90. The lowest BCUT2D eigenvalue weighted by atomic mass is 10.7. The molecule has 0 saturated heterocycles. The summed E-state index contributed by atoms with van der Waals surface area (Å²) in [7, 11) is 1.82. The molecule has 0 aromatic heterocycles. The molecule has 38 valence electrons. The molecule has 0 aromatic carbocycles. The third-order valence-electron chi connectivity index (χ3n) is 0.781. The summed E-state index contributed by atoms with van der Waals surface area (Å²) in [6.07, 6.45) is 0. The standard InChI is InChI=1S/C5H10N2/c1-5(6-2)7(3)4/h2-3H2,1,4H3/q+2. The highest BCUT2D eigenvalue weighted by Crippen LogP contribution is 1.59. The SMILES string of the molecule is C=[N+]=C(C)[N+](=C)C. The predicted octanol–water partition coefficient (Wildman–Crippen LogP) is -0.484. The van der Waals surface area contributed by atoms with Gasteiger partial charge in [0.1, 0.15) is 20.7 Å². The van der Waals surface area contributed by atoms with Crippen molar-refractivity contribution in [3.63, 3.8) is 0 Å². The van der Waals surface area contributed by atoms with Gasteiger partial charge in [-0.1, -0.05) is 0 Å². The molecule has 2 heteroatoms. The highest BCUT2D eigenvalue weighted by molar-refractivity contribution is 5.72. The molecule has 0 aliphatic carbocycles. The van der Waals surface area contributed by atoms with E-state index in [2.05, 4.69) is 18.1 Å². The fraction of sp³-hybridized carbons (Fsp3) is 0.400. The number of nitrogens with zero attached hydrogens (tertiary/aromatic N) is 2.